The normalized spacial score (nSPS) is 17.5. The first-order chi connectivity index (χ1) is 14.1. The summed E-state index contributed by atoms with van der Waals surface area (Å²) in [4.78, 5) is 4.30. The maximum absolute atomic E-state index is 13.0. The number of hydrogen-bond acceptors (Lipinski definition) is 7. The number of hydrogen-bond donors (Lipinski definition) is 0. The zero-order chi connectivity index (χ0) is 20.3. The standard InChI is InChI=1S/C20H21N3O5S/c21-13-16-2-1-7-22-20(16)28-14-15-5-8-23(9-6-15)29(24,25)17-3-4-18-19(12-17)27-11-10-26-18/h1-4,7,12,15H,5-6,8-11,14H2. The molecule has 0 bridgehead atoms. The van der Waals surface area contributed by atoms with Crippen molar-refractivity contribution in [3.05, 3.63) is 42.1 Å². The molecule has 152 valence electrons. The van der Waals surface area contributed by atoms with E-state index in [1.54, 1.807) is 30.5 Å². The Labute approximate surface area is 169 Å². The lowest BCUT2D eigenvalue weighted by molar-refractivity contribution is 0.170. The van der Waals surface area contributed by atoms with Crippen LogP contribution in [0.2, 0.25) is 0 Å². The molecule has 0 atom stereocenters. The summed E-state index contributed by atoms with van der Waals surface area (Å²) in [5.41, 5.74) is 0.395. The van der Waals surface area contributed by atoms with E-state index < -0.39 is 10.0 Å². The van der Waals surface area contributed by atoms with Gasteiger partial charge in [0.25, 0.3) is 0 Å². The van der Waals surface area contributed by atoms with Crippen molar-refractivity contribution >= 4 is 10.0 Å². The van der Waals surface area contributed by atoms with Crippen molar-refractivity contribution in [3.8, 4) is 23.4 Å². The quantitative estimate of drug-likeness (QED) is 0.738. The second-order valence-electron chi connectivity index (χ2n) is 6.93. The third-order valence-electron chi connectivity index (χ3n) is 5.07. The van der Waals surface area contributed by atoms with E-state index in [0.717, 1.165) is 0 Å². The Hall–Kier alpha value is -2.83. The van der Waals surface area contributed by atoms with Crippen molar-refractivity contribution in [1.29, 1.82) is 5.26 Å². The zero-order valence-electron chi connectivity index (χ0n) is 15.8. The number of benzene rings is 1. The van der Waals surface area contributed by atoms with Crippen molar-refractivity contribution in [2.45, 2.75) is 17.7 Å². The van der Waals surface area contributed by atoms with Crippen LogP contribution in [-0.2, 0) is 10.0 Å². The summed E-state index contributed by atoms with van der Waals surface area (Å²) in [6, 6.07) is 10.1. The summed E-state index contributed by atoms with van der Waals surface area (Å²) in [5.74, 6) is 1.55. The van der Waals surface area contributed by atoms with Crippen molar-refractivity contribution in [2.24, 2.45) is 5.92 Å². The van der Waals surface area contributed by atoms with Crippen LogP contribution in [0.25, 0.3) is 0 Å². The minimum atomic E-state index is -3.60. The molecule has 29 heavy (non-hydrogen) atoms. The molecule has 0 spiro atoms. The van der Waals surface area contributed by atoms with Crippen LogP contribution in [0, 0.1) is 17.2 Å². The van der Waals surface area contributed by atoms with E-state index in [2.05, 4.69) is 11.1 Å². The minimum absolute atomic E-state index is 0.204. The lowest BCUT2D eigenvalue weighted by Gasteiger charge is -2.31. The van der Waals surface area contributed by atoms with Crippen molar-refractivity contribution in [3.63, 3.8) is 0 Å². The SMILES string of the molecule is N#Cc1cccnc1OCC1CCN(S(=O)(=O)c2ccc3c(c2)OCCO3)CC1. The Morgan fingerprint density at radius 2 is 1.93 bits per heavy atom. The van der Waals surface area contributed by atoms with Crippen LogP contribution in [0.1, 0.15) is 18.4 Å². The summed E-state index contributed by atoms with van der Waals surface area (Å²) in [6.07, 6.45) is 2.94. The third kappa shape index (κ3) is 4.13. The maximum Gasteiger partial charge on any atom is 0.243 e. The van der Waals surface area contributed by atoms with Gasteiger partial charge in [-0.05, 0) is 43.0 Å². The number of fused-ring (bicyclic) bond motifs is 1. The van der Waals surface area contributed by atoms with Crippen molar-refractivity contribution < 1.29 is 22.6 Å². The summed E-state index contributed by atoms with van der Waals surface area (Å²) >= 11 is 0. The Balaban J connectivity index is 1.37. The number of nitrogens with zero attached hydrogens (tertiary/aromatic N) is 3. The molecule has 2 aliphatic rings. The molecule has 0 saturated carbocycles. The predicted molar refractivity (Wildman–Crippen MR) is 103 cm³/mol. The van der Waals surface area contributed by atoms with E-state index in [4.69, 9.17) is 19.5 Å². The molecule has 0 amide bonds. The van der Waals surface area contributed by atoms with Crippen molar-refractivity contribution in [1.82, 2.24) is 9.29 Å². The number of aromatic nitrogens is 1. The molecule has 1 aromatic heterocycles. The molecule has 1 aromatic carbocycles. The van der Waals surface area contributed by atoms with Crippen LogP contribution in [0.4, 0.5) is 0 Å². The van der Waals surface area contributed by atoms with Gasteiger partial charge in [-0.2, -0.15) is 9.57 Å². The Morgan fingerprint density at radius 3 is 2.69 bits per heavy atom. The van der Waals surface area contributed by atoms with E-state index in [0.29, 0.717) is 68.7 Å². The molecule has 3 heterocycles. The fraction of sp³-hybridized carbons (Fsp3) is 0.400. The molecule has 0 N–H and O–H groups in total. The summed E-state index contributed by atoms with van der Waals surface area (Å²) in [5, 5.41) is 9.10. The molecular weight excluding hydrogens is 394 g/mol. The van der Waals surface area contributed by atoms with Gasteiger partial charge in [0.1, 0.15) is 24.8 Å². The molecule has 2 aromatic rings. The van der Waals surface area contributed by atoms with Gasteiger partial charge in [0, 0.05) is 25.4 Å². The van der Waals surface area contributed by atoms with Gasteiger partial charge < -0.3 is 14.2 Å². The maximum atomic E-state index is 13.0. The minimum Gasteiger partial charge on any atom is -0.486 e. The Morgan fingerprint density at radius 1 is 1.17 bits per heavy atom. The number of sulfonamides is 1. The molecule has 9 heteroatoms. The van der Waals surface area contributed by atoms with E-state index >= 15 is 0 Å². The number of piperidine rings is 1. The van der Waals surface area contributed by atoms with Gasteiger partial charge in [-0.1, -0.05) is 0 Å². The van der Waals surface area contributed by atoms with Gasteiger partial charge in [-0.15, -0.1) is 0 Å². The highest BCUT2D eigenvalue weighted by Crippen LogP contribution is 2.34. The summed E-state index contributed by atoms with van der Waals surface area (Å²) < 4.78 is 44.2. The molecule has 1 fully saturated rings. The molecule has 1 saturated heterocycles. The van der Waals surface area contributed by atoms with Crippen LogP contribution >= 0.6 is 0 Å². The highest BCUT2D eigenvalue weighted by atomic mass is 32.2. The third-order valence-corrected chi connectivity index (χ3v) is 6.97. The summed E-state index contributed by atoms with van der Waals surface area (Å²) in [7, 11) is -3.60. The topological polar surface area (TPSA) is 102 Å². The van der Waals surface area contributed by atoms with Crippen LogP contribution in [0.5, 0.6) is 17.4 Å². The van der Waals surface area contributed by atoms with Gasteiger partial charge in [0.2, 0.25) is 15.9 Å². The van der Waals surface area contributed by atoms with Crippen LogP contribution in [0.15, 0.2) is 41.4 Å². The largest absolute Gasteiger partial charge is 0.486 e. The first-order valence-corrected chi connectivity index (χ1v) is 10.9. The molecule has 4 rings (SSSR count). The lowest BCUT2D eigenvalue weighted by atomic mass is 9.99. The second kappa shape index (κ2) is 8.27. The molecule has 0 unspecified atom stereocenters. The van der Waals surface area contributed by atoms with Gasteiger partial charge in [0.05, 0.1) is 11.5 Å². The average Bonchev–Trinajstić information content (AvgIpc) is 2.77. The Kier molecular flexibility index (Phi) is 5.56. The van der Waals surface area contributed by atoms with Gasteiger partial charge in [-0.3, -0.25) is 0 Å². The number of ether oxygens (including phenoxy) is 3. The highest BCUT2D eigenvalue weighted by molar-refractivity contribution is 7.89. The Bertz CT molecular complexity index is 1030. The highest BCUT2D eigenvalue weighted by Gasteiger charge is 2.30. The molecular formula is C20H21N3O5S. The van der Waals surface area contributed by atoms with E-state index in [9.17, 15) is 8.42 Å². The fourth-order valence-electron chi connectivity index (χ4n) is 3.44. The number of pyridine rings is 1. The van der Waals surface area contributed by atoms with Gasteiger partial charge in [0.15, 0.2) is 11.5 Å². The van der Waals surface area contributed by atoms with Crippen LogP contribution in [-0.4, -0.2) is 50.6 Å². The van der Waals surface area contributed by atoms with Crippen molar-refractivity contribution in [2.75, 3.05) is 32.9 Å². The smallest absolute Gasteiger partial charge is 0.243 e. The molecule has 8 nitrogen and oxygen atoms in total. The van der Waals surface area contributed by atoms with Gasteiger partial charge >= 0.3 is 0 Å². The second-order valence-corrected chi connectivity index (χ2v) is 8.87. The zero-order valence-corrected chi connectivity index (χ0v) is 16.6. The van der Waals surface area contributed by atoms with Crippen LogP contribution in [0.3, 0.4) is 0 Å². The van der Waals surface area contributed by atoms with Gasteiger partial charge in [-0.25, -0.2) is 13.4 Å². The molecule has 0 radical (unpaired) electrons. The van der Waals surface area contributed by atoms with E-state index in [1.807, 2.05) is 0 Å². The predicted octanol–water partition coefficient (Wildman–Crippen LogP) is 2.20. The summed E-state index contributed by atoms with van der Waals surface area (Å²) in [6.45, 7) is 2.11. The van der Waals surface area contributed by atoms with Crippen LogP contribution < -0.4 is 14.2 Å². The first-order valence-electron chi connectivity index (χ1n) is 9.45. The molecule has 2 aliphatic heterocycles. The first kappa shape index (κ1) is 19.5. The molecule has 0 aliphatic carbocycles. The number of rotatable bonds is 5. The van der Waals surface area contributed by atoms with E-state index in [-0.39, 0.29) is 10.8 Å². The monoisotopic (exact) mass is 415 g/mol. The fourth-order valence-corrected chi connectivity index (χ4v) is 4.92. The number of nitriles is 1. The van der Waals surface area contributed by atoms with E-state index in [1.165, 1.54) is 10.4 Å². The lowest BCUT2D eigenvalue weighted by Crippen LogP contribution is -2.39. The average molecular weight is 415 g/mol.